The second-order valence-corrected chi connectivity index (χ2v) is 4.88. The number of hydrogen-bond acceptors (Lipinski definition) is 4. The molecule has 0 aliphatic heterocycles. The molecule has 2 N–H and O–H groups in total. The van der Waals surface area contributed by atoms with Crippen molar-refractivity contribution in [3.05, 3.63) is 42.4 Å². The van der Waals surface area contributed by atoms with Crippen LogP contribution in [-0.4, -0.2) is 22.5 Å². The van der Waals surface area contributed by atoms with Gasteiger partial charge in [-0.25, -0.2) is 9.97 Å². The minimum Gasteiger partial charge on any atom is -0.493 e. The highest BCUT2D eigenvalue weighted by molar-refractivity contribution is 5.89. The van der Waals surface area contributed by atoms with E-state index >= 15 is 0 Å². The van der Waals surface area contributed by atoms with Gasteiger partial charge in [0, 0.05) is 11.8 Å². The Morgan fingerprint density at radius 1 is 1.30 bits per heavy atom. The van der Waals surface area contributed by atoms with E-state index in [0.717, 1.165) is 17.9 Å². The molecular formula is C15H15N3O2. The lowest BCUT2D eigenvalue weighted by Gasteiger charge is -2.10. The largest absolute Gasteiger partial charge is 0.493 e. The van der Waals surface area contributed by atoms with Crippen molar-refractivity contribution in [2.24, 2.45) is 11.7 Å². The van der Waals surface area contributed by atoms with E-state index in [1.807, 2.05) is 24.3 Å². The molecule has 1 heterocycles. The summed E-state index contributed by atoms with van der Waals surface area (Å²) >= 11 is 0. The van der Waals surface area contributed by atoms with Crippen molar-refractivity contribution >= 4 is 5.91 Å². The predicted molar refractivity (Wildman–Crippen MR) is 74.2 cm³/mol. The van der Waals surface area contributed by atoms with Gasteiger partial charge in [0.1, 0.15) is 5.75 Å². The van der Waals surface area contributed by atoms with Crippen LogP contribution in [0.1, 0.15) is 23.5 Å². The number of aromatic nitrogens is 2. The first kappa shape index (κ1) is 12.6. The average molecular weight is 269 g/mol. The molecule has 102 valence electrons. The molecule has 0 unspecified atom stereocenters. The van der Waals surface area contributed by atoms with Crippen LogP contribution in [0.5, 0.6) is 5.75 Å². The van der Waals surface area contributed by atoms with Gasteiger partial charge in [-0.1, -0.05) is 12.1 Å². The maximum absolute atomic E-state index is 11.2. The lowest BCUT2D eigenvalue weighted by Crippen LogP contribution is -2.15. The highest BCUT2D eigenvalue weighted by Crippen LogP contribution is 2.33. The molecule has 2 aromatic rings. The fourth-order valence-corrected chi connectivity index (χ4v) is 1.92. The van der Waals surface area contributed by atoms with Gasteiger partial charge in [0.15, 0.2) is 0 Å². The van der Waals surface area contributed by atoms with Crippen LogP contribution in [-0.2, 0) is 0 Å². The lowest BCUT2D eigenvalue weighted by atomic mass is 10.1. The topological polar surface area (TPSA) is 78.1 Å². The summed E-state index contributed by atoms with van der Waals surface area (Å²) < 4.78 is 5.84. The third kappa shape index (κ3) is 2.77. The number of nitrogens with two attached hydrogens (primary N) is 1. The van der Waals surface area contributed by atoms with E-state index in [1.54, 1.807) is 6.07 Å². The van der Waals surface area contributed by atoms with Crippen molar-refractivity contribution in [2.45, 2.75) is 12.8 Å². The van der Waals surface area contributed by atoms with Crippen LogP contribution in [0.4, 0.5) is 0 Å². The number of nitrogens with zero attached hydrogens (tertiary/aromatic N) is 2. The molecule has 3 rings (SSSR count). The Balaban J connectivity index is 1.91. The zero-order chi connectivity index (χ0) is 13.9. The van der Waals surface area contributed by atoms with Crippen LogP contribution in [0.15, 0.2) is 36.5 Å². The Labute approximate surface area is 116 Å². The first-order valence-corrected chi connectivity index (χ1v) is 6.59. The van der Waals surface area contributed by atoms with Crippen LogP contribution in [0.2, 0.25) is 0 Å². The van der Waals surface area contributed by atoms with Crippen LogP contribution < -0.4 is 10.5 Å². The van der Waals surface area contributed by atoms with E-state index in [1.165, 1.54) is 19.0 Å². The molecule has 1 aliphatic rings. The highest BCUT2D eigenvalue weighted by Gasteiger charge is 2.22. The van der Waals surface area contributed by atoms with Crippen molar-refractivity contribution in [2.75, 3.05) is 6.61 Å². The van der Waals surface area contributed by atoms with E-state index in [2.05, 4.69) is 9.97 Å². The molecule has 1 aliphatic carbocycles. The van der Waals surface area contributed by atoms with Crippen molar-refractivity contribution in [1.29, 1.82) is 0 Å². The van der Waals surface area contributed by atoms with Crippen molar-refractivity contribution in [1.82, 2.24) is 9.97 Å². The zero-order valence-corrected chi connectivity index (χ0v) is 11.0. The Morgan fingerprint density at radius 2 is 2.10 bits per heavy atom. The molecule has 0 atom stereocenters. The maximum atomic E-state index is 11.2. The molecule has 1 fully saturated rings. The second kappa shape index (κ2) is 5.28. The smallest absolute Gasteiger partial charge is 0.286 e. The number of amides is 1. The summed E-state index contributed by atoms with van der Waals surface area (Å²) in [5.74, 6) is 0.825. The molecule has 1 aromatic heterocycles. The van der Waals surface area contributed by atoms with Gasteiger partial charge in [-0.2, -0.15) is 0 Å². The summed E-state index contributed by atoms with van der Waals surface area (Å²) in [5, 5.41) is 0. The fraction of sp³-hybridized carbons (Fsp3) is 0.267. The summed E-state index contributed by atoms with van der Waals surface area (Å²) in [6.45, 7) is 0.727. The fourth-order valence-electron chi connectivity index (χ4n) is 1.92. The number of ether oxygens (including phenoxy) is 1. The average Bonchev–Trinajstić information content (AvgIpc) is 3.30. The Kier molecular flexibility index (Phi) is 3.33. The van der Waals surface area contributed by atoms with Gasteiger partial charge in [0.25, 0.3) is 5.91 Å². The lowest BCUT2D eigenvalue weighted by molar-refractivity contribution is 0.0990. The quantitative estimate of drug-likeness (QED) is 0.900. The summed E-state index contributed by atoms with van der Waals surface area (Å²) in [6, 6.07) is 9.39. The van der Waals surface area contributed by atoms with Gasteiger partial charge in [-0.3, -0.25) is 4.79 Å². The molecule has 1 saturated carbocycles. The van der Waals surface area contributed by atoms with Crippen LogP contribution in [0.25, 0.3) is 11.3 Å². The molecule has 0 saturated heterocycles. The summed E-state index contributed by atoms with van der Waals surface area (Å²) in [4.78, 5) is 19.2. The Hall–Kier alpha value is -2.43. The third-order valence-corrected chi connectivity index (χ3v) is 3.21. The first-order chi connectivity index (χ1) is 9.74. The number of carbonyl (C=O) groups excluding carboxylic acids is 1. The minimum atomic E-state index is -0.636. The van der Waals surface area contributed by atoms with Crippen molar-refractivity contribution in [3.63, 3.8) is 0 Å². The third-order valence-electron chi connectivity index (χ3n) is 3.21. The Bertz CT molecular complexity index is 639. The van der Waals surface area contributed by atoms with Gasteiger partial charge in [0.2, 0.25) is 5.82 Å². The summed E-state index contributed by atoms with van der Waals surface area (Å²) in [5.41, 5.74) is 6.69. The van der Waals surface area contributed by atoms with Gasteiger partial charge in [0.05, 0.1) is 12.3 Å². The van der Waals surface area contributed by atoms with Crippen molar-refractivity contribution < 1.29 is 9.53 Å². The van der Waals surface area contributed by atoms with E-state index < -0.39 is 5.91 Å². The molecule has 0 radical (unpaired) electrons. The summed E-state index contributed by atoms with van der Waals surface area (Å²) in [7, 11) is 0. The van der Waals surface area contributed by atoms with E-state index in [9.17, 15) is 4.79 Å². The van der Waals surface area contributed by atoms with Crippen molar-refractivity contribution in [3.8, 4) is 17.0 Å². The van der Waals surface area contributed by atoms with Gasteiger partial charge < -0.3 is 10.5 Å². The van der Waals surface area contributed by atoms with Gasteiger partial charge in [-0.05, 0) is 37.0 Å². The van der Waals surface area contributed by atoms with Gasteiger partial charge in [-0.15, -0.1) is 0 Å². The number of benzene rings is 1. The Morgan fingerprint density at radius 3 is 2.85 bits per heavy atom. The van der Waals surface area contributed by atoms with E-state index in [4.69, 9.17) is 10.5 Å². The van der Waals surface area contributed by atoms with Crippen LogP contribution in [0, 0.1) is 5.92 Å². The normalized spacial score (nSPS) is 14.0. The monoisotopic (exact) mass is 269 g/mol. The highest BCUT2D eigenvalue weighted by atomic mass is 16.5. The molecule has 5 nitrogen and oxygen atoms in total. The molecule has 0 spiro atoms. The number of para-hydroxylation sites is 1. The first-order valence-electron chi connectivity index (χ1n) is 6.59. The summed E-state index contributed by atoms with van der Waals surface area (Å²) in [6.07, 6.45) is 4.00. The van der Waals surface area contributed by atoms with Crippen LogP contribution >= 0.6 is 0 Å². The molecular weight excluding hydrogens is 254 g/mol. The minimum absolute atomic E-state index is 0.0134. The van der Waals surface area contributed by atoms with E-state index in [-0.39, 0.29) is 5.82 Å². The number of hydrogen-bond donors (Lipinski definition) is 1. The predicted octanol–water partition coefficient (Wildman–Crippen LogP) is 2.03. The second-order valence-electron chi connectivity index (χ2n) is 4.88. The molecule has 1 amide bonds. The SMILES string of the molecule is NC(=O)c1nccc(-c2ccccc2OCC2CC2)n1. The zero-order valence-electron chi connectivity index (χ0n) is 11.0. The molecule has 5 heteroatoms. The number of primary amides is 1. The van der Waals surface area contributed by atoms with Crippen LogP contribution in [0.3, 0.4) is 0 Å². The molecule has 0 bridgehead atoms. The van der Waals surface area contributed by atoms with E-state index in [0.29, 0.717) is 11.6 Å². The van der Waals surface area contributed by atoms with Gasteiger partial charge >= 0.3 is 0 Å². The molecule has 1 aromatic carbocycles. The molecule has 20 heavy (non-hydrogen) atoms. The standard InChI is InChI=1S/C15H15N3O2/c16-14(19)15-17-8-7-12(18-15)11-3-1-2-4-13(11)20-9-10-5-6-10/h1-4,7-8,10H,5-6,9H2,(H2,16,19). The number of carbonyl (C=O) groups is 1. The maximum Gasteiger partial charge on any atom is 0.286 e. The number of rotatable bonds is 5.